The Bertz CT molecular complexity index is 2530. The number of hydrogen-bond donors (Lipinski definition) is 6. The van der Waals surface area contributed by atoms with Crippen LogP contribution in [0, 0.1) is 0 Å². The third-order valence-corrected chi connectivity index (χ3v) is 10.0. The molecule has 254 valence electrons. The maximum atomic E-state index is 14.0. The van der Waals surface area contributed by atoms with Crippen molar-refractivity contribution in [2.24, 2.45) is 0 Å². The Balaban J connectivity index is 1.12. The van der Waals surface area contributed by atoms with Crippen molar-refractivity contribution in [3.05, 3.63) is 148 Å². The van der Waals surface area contributed by atoms with E-state index in [2.05, 4.69) is 5.32 Å². The number of aromatic hydroxyl groups is 4. The van der Waals surface area contributed by atoms with Crippen molar-refractivity contribution in [2.45, 2.75) is 11.2 Å². The van der Waals surface area contributed by atoms with Crippen LogP contribution in [-0.4, -0.2) is 32.4 Å². The van der Waals surface area contributed by atoms with Gasteiger partial charge in [-0.25, -0.2) is 9.59 Å². The molecule has 0 saturated heterocycles. The molecule has 0 aliphatic carbocycles. The Morgan fingerprint density at radius 3 is 1.46 bits per heavy atom. The van der Waals surface area contributed by atoms with Crippen LogP contribution in [-0.2, 0) is 20.7 Å². The molecule has 6 aromatic rings. The van der Waals surface area contributed by atoms with E-state index in [1.54, 1.807) is 54.6 Å². The highest BCUT2D eigenvalue weighted by Gasteiger charge is 2.56. The van der Waals surface area contributed by atoms with Gasteiger partial charge in [-0.05, 0) is 66.7 Å². The highest BCUT2D eigenvalue weighted by molar-refractivity contribution is 6.04. The van der Waals surface area contributed by atoms with E-state index in [0.29, 0.717) is 44.8 Å². The summed E-state index contributed by atoms with van der Waals surface area (Å²) in [5.74, 6) is -0.621. The number of esters is 2. The maximum Gasteiger partial charge on any atom is 0.342 e. The van der Waals surface area contributed by atoms with Gasteiger partial charge in [0.1, 0.15) is 46.0 Å². The quantitative estimate of drug-likeness (QED) is 0.0808. The fourth-order valence-corrected chi connectivity index (χ4v) is 7.87. The lowest BCUT2D eigenvalue weighted by molar-refractivity contribution is 0.0214. The van der Waals surface area contributed by atoms with Crippen molar-refractivity contribution < 1.29 is 49.0 Å². The largest absolute Gasteiger partial charge is 0.508 e. The third-order valence-electron chi connectivity index (χ3n) is 10.0. The summed E-state index contributed by atoms with van der Waals surface area (Å²) in [6.07, 6.45) is 0. The number of phenolic OH excluding ortho intramolecular Hbond substituents is 4. The molecule has 0 radical (unpaired) electrons. The second kappa shape index (κ2) is 9.88. The zero-order chi connectivity index (χ0) is 35.7. The minimum absolute atomic E-state index is 0.0612. The first-order chi connectivity index (χ1) is 25.1. The van der Waals surface area contributed by atoms with Crippen molar-refractivity contribution in [1.82, 2.24) is 0 Å². The number of fused-ring (bicyclic) bond motifs is 12. The van der Waals surface area contributed by atoms with Crippen LogP contribution >= 0.6 is 0 Å². The van der Waals surface area contributed by atoms with Gasteiger partial charge in [0.05, 0.1) is 28.2 Å². The molecular formula is C40H24N2O10. The molecule has 0 atom stereocenters. The van der Waals surface area contributed by atoms with Crippen molar-refractivity contribution in [2.75, 3.05) is 11.1 Å². The predicted octanol–water partition coefficient (Wildman–Crippen LogP) is 6.97. The Morgan fingerprint density at radius 1 is 0.500 bits per heavy atom. The number of nitrogens with one attached hydrogen (secondary N) is 1. The molecule has 4 heterocycles. The molecule has 0 saturated carbocycles. The van der Waals surface area contributed by atoms with Crippen LogP contribution in [0.4, 0.5) is 17.1 Å². The standard InChI is InChI=1S/C40H24N2O10/c41-29-17-28-22(37(47)51-40(28)25-10-6-20(45)14-34(25)50-35-15-21(46)7-11-26(35)40)16-31(29)42-30-3-1-2-27-36(30)38(48)52-39(27)23-8-4-18(43)12-32(23)49-33-13-19(44)5-9-24(33)39/h1-17,42-46H,41H2. The van der Waals surface area contributed by atoms with Crippen molar-refractivity contribution >= 4 is 29.0 Å². The number of phenols is 4. The number of anilines is 3. The van der Waals surface area contributed by atoms with Gasteiger partial charge in [0, 0.05) is 57.6 Å². The van der Waals surface area contributed by atoms with E-state index < -0.39 is 23.1 Å². The molecular weight excluding hydrogens is 668 g/mol. The van der Waals surface area contributed by atoms with E-state index in [9.17, 15) is 30.0 Å². The molecule has 12 heteroatoms. The number of nitrogen functional groups attached to an aromatic ring is 1. The molecule has 12 nitrogen and oxygen atoms in total. The van der Waals surface area contributed by atoms with Gasteiger partial charge in [-0.2, -0.15) is 0 Å². The van der Waals surface area contributed by atoms with Crippen LogP contribution in [0.2, 0.25) is 0 Å². The van der Waals surface area contributed by atoms with Crippen LogP contribution in [0.25, 0.3) is 0 Å². The first-order valence-corrected chi connectivity index (χ1v) is 16.1. The van der Waals surface area contributed by atoms with Gasteiger partial charge in [-0.1, -0.05) is 12.1 Å². The summed E-state index contributed by atoms with van der Waals surface area (Å²) in [4.78, 5) is 27.7. The average molecular weight is 693 g/mol. The van der Waals surface area contributed by atoms with E-state index in [1.165, 1.54) is 48.5 Å². The zero-order valence-corrected chi connectivity index (χ0v) is 26.6. The Hall–Kier alpha value is -7.34. The molecule has 6 aromatic carbocycles. The highest BCUT2D eigenvalue weighted by Crippen LogP contribution is 2.60. The summed E-state index contributed by atoms with van der Waals surface area (Å²) in [6, 6.07) is 26.3. The van der Waals surface area contributed by atoms with Crippen LogP contribution in [0.5, 0.6) is 46.0 Å². The number of hydrogen-bond acceptors (Lipinski definition) is 12. The minimum atomic E-state index is -1.51. The second-order valence-corrected chi connectivity index (χ2v) is 12.9. The minimum Gasteiger partial charge on any atom is -0.508 e. The van der Waals surface area contributed by atoms with Crippen molar-refractivity contribution in [3.63, 3.8) is 0 Å². The normalized spacial score (nSPS) is 15.9. The van der Waals surface area contributed by atoms with Gasteiger partial charge in [-0.15, -0.1) is 0 Å². The second-order valence-electron chi connectivity index (χ2n) is 12.9. The summed E-state index contributed by atoms with van der Waals surface area (Å²) >= 11 is 0. The number of carbonyl (C=O) groups excluding carboxylic acids is 2. The average Bonchev–Trinajstić information content (AvgIpc) is 3.55. The molecule has 0 fully saturated rings. The summed E-state index contributed by atoms with van der Waals surface area (Å²) in [6.45, 7) is 0. The van der Waals surface area contributed by atoms with E-state index in [4.69, 9.17) is 24.7 Å². The SMILES string of the molecule is Nc1cc2c(cc1Nc1cccc3c1C(=O)OC31c3ccc(O)cc3Oc3cc(O)ccc31)C(=O)OC21c2ccc(O)cc2Oc2cc(O)ccc21. The number of carbonyl (C=O) groups is 2. The number of rotatable bonds is 2. The molecule has 4 aliphatic rings. The maximum absolute atomic E-state index is 14.0. The van der Waals surface area contributed by atoms with E-state index in [-0.39, 0.29) is 62.8 Å². The molecule has 0 amide bonds. The Labute approximate surface area is 293 Å². The number of benzene rings is 6. The Kier molecular flexibility index (Phi) is 5.62. The summed E-state index contributed by atoms with van der Waals surface area (Å²) < 4.78 is 24.6. The van der Waals surface area contributed by atoms with Crippen LogP contribution in [0.1, 0.15) is 54.1 Å². The number of ether oxygens (including phenoxy) is 4. The molecule has 4 aliphatic heterocycles. The van der Waals surface area contributed by atoms with Gasteiger partial charge < -0.3 is 50.4 Å². The third kappa shape index (κ3) is 3.74. The van der Waals surface area contributed by atoms with Crippen LogP contribution in [0.15, 0.2) is 103 Å². The molecule has 7 N–H and O–H groups in total. The monoisotopic (exact) mass is 692 g/mol. The molecule has 0 bridgehead atoms. The lowest BCUT2D eigenvalue weighted by Gasteiger charge is -2.36. The van der Waals surface area contributed by atoms with E-state index in [0.717, 1.165) is 0 Å². The van der Waals surface area contributed by atoms with Gasteiger partial charge in [0.25, 0.3) is 0 Å². The van der Waals surface area contributed by atoms with Gasteiger partial charge in [-0.3, -0.25) is 0 Å². The summed E-state index contributed by atoms with van der Waals surface area (Å²) in [5, 5.41) is 44.3. The fraction of sp³-hybridized carbons (Fsp3) is 0.0500. The highest BCUT2D eigenvalue weighted by atomic mass is 16.6. The van der Waals surface area contributed by atoms with Crippen LogP contribution in [0.3, 0.4) is 0 Å². The van der Waals surface area contributed by atoms with E-state index >= 15 is 0 Å². The van der Waals surface area contributed by atoms with Crippen LogP contribution < -0.4 is 20.5 Å². The van der Waals surface area contributed by atoms with E-state index in [1.807, 2.05) is 0 Å². The lowest BCUT2D eigenvalue weighted by Crippen LogP contribution is -2.33. The summed E-state index contributed by atoms with van der Waals surface area (Å²) in [7, 11) is 0. The topological polar surface area (TPSA) is 190 Å². The lowest BCUT2D eigenvalue weighted by atomic mass is 9.77. The van der Waals surface area contributed by atoms with Gasteiger partial charge >= 0.3 is 11.9 Å². The molecule has 52 heavy (non-hydrogen) atoms. The molecule has 2 spiro atoms. The van der Waals surface area contributed by atoms with Crippen molar-refractivity contribution in [1.29, 1.82) is 0 Å². The van der Waals surface area contributed by atoms with Gasteiger partial charge in [0.15, 0.2) is 11.2 Å². The number of nitrogens with two attached hydrogens (primary N) is 1. The van der Waals surface area contributed by atoms with Crippen molar-refractivity contribution in [3.8, 4) is 46.0 Å². The summed E-state index contributed by atoms with van der Waals surface area (Å²) in [5.41, 5.74) is 7.70. The first-order valence-electron chi connectivity index (χ1n) is 16.1. The first kappa shape index (κ1) is 29.6. The Morgan fingerprint density at radius 2 is 0.962 bits per heavy atom. The zero-order valence-electron chi connectivity index (χ0n) is 26.6. The molecule has 10 rings (SSSR count). The smallest absolute Gasteiger partial charge is 0.342 e. The van der Waals surface area contributed by atoms with Gasteiger partial charge in [0.2, 0.25) is 0 Å². The molecule has 0 aromatic heterocycles. The molecule has 0 unspecified atom stereocenters. The predicted molar refractivity (Wildman–Crippen MR) is 184 cm³/mol. The fourth-order valence-electron chi connectivity index (χ4n) is 7.87.